The number of anilines is 1. The van der Waals surface area contributed by atoms with Gasteiger partial charge in [0.1, 0.15) is 0 Å². The summed E-state index contributed by atoms with van der Waals surface area (Å²) < 4.78 is 0. The van der Waals surface area contributed by atoms with Crippen molar-refractivity contribution < 1.29 is 9.59 Å². The van der Waals surface area contributed by atoms with Crippen LogP contribution in [-0.4, -0.2) is 35.7 Å². The molecular weight excluding hydrogens is 276 g/mol. The van der Waals surface area contributed by atoms with Crippen molar-refractivity contribution in [2.45, 2.75) is 20.8 Å². The molecule has 0 fully saturated rings. The van der Waals surface area contributed by atoms with Gasteiger partial charge in [0.2, 0.25) is 5.91 Å². The Kier molecular flexibility index (Phi) is 6.52. The standard InChI is InChI=1S/C15H21ClN2O2/c1-4-18(5-2)15(20)12-7-6-8-13(9-12)17-14(19)11(3)10-16/h6-9,11H,4-5,10H2,1-3H3,(H,17,19). The summed E-state index contributed by atoms with van der Waals surface area (Å²) in [7, 11) is 0. The minimum Gasteiger partial charge on any atom is -0.339 e. The molecule has 0 saturated carbocycles. The first-order valence-electron chi connectivity index (χ1n) is 6.79. The number of carbonyl (C=O) groups is 2. The fourth-order valence-corrected chi connectivity index (χ4v) is 1.90. The number of alkyl halides is 1. The zero-order chi connectivity index (χ0) is 15.1. The second-order valence-electron chi connectivity index (χ2n) is 4.60. The average molecular weight is 297 g/mol. The van der Waals surface area contributed by atoms with Gasteiger partial charge in [0.15, 0.2) is 0 Å². The van der Waals surface area contributed by atoms with Crippen molar-refractivity contribution in [2.75, 3.05) is 24.3 Å². The third-order valence-electron chi connectivity index (χ3n) is 3.11. The van der Waals surface area contributed by atoms with E-state index in [9.17, 15) is 9.59 Å². The number of nitrogens with zero attached hydrogens (tertiary/aromatic N) is 1. The lowest BCUT2D eigenvalue weighted by atomic mass is 10.1. The highest BCUT2D eigenvalue weighted by molar-refractivity contribution is 6.19. The summed E-state index contributed by atoms with van der Waals surface area (Å²) in [4.78, 5) is 25.7. The Morgan fingerprint density at radius 3 is 2.50 bits per heavy atom. The first-order chi connectivity index (χ1) is 9.53. The molecule has 1 rings (SSSR count). The van der Waals surface area contributed by atoms with Crippen molar-refractivity contribution in [2.24, 2.45) is 5.92 Å². The zero-order valence-corrected chi connectivity index (χ0v) is 12.9. The van der Waals surface area contributed by atoms with Crippen molar-refractivity contribution in [3.8, 4) is 0 Å². The molecule has 5 heteroatoms. The maximum atomic E-state index is 12.2. The predicted octanol–water partition coefficient (Wildman–Crippen LogP) is 2.98. The Balaban J connectivity index is 2.85. The van der Waals surface area contributed by atoms with E-state index in [4.69, 9.17) is 11.6 Å². The number of halogens is 1. The second-order valence-corrected chi connectivity index (χ2v) is 4.91. The van der Waals surface area contributed by atoms with Gasteiger partial charge in [-0.05, 0) is 32.0 Å². The first kappa shape index (κ1) is 16.5. The summed E-state index contributed by atoms with van der Waals surface area (Å²) >= 11 is 5.65. The number of rotatable bonds is 6. The molecule has 20 heavy (non-hydrogen) atoms. The Bertz CT molecular complexity index is 473. The van der Waals surface area contributed by atoms with Crippen molar-refractivity contribution >= 4 is 29.1 Å². The van der Waals surface area contributed by atoms with Gasteiger partial charge < -0.3 is 10.2 Å². The maximum absolute atomic E-state index is 12.2. The number of benzene rings is 1. The van der Waals surface area contributed by atoms with E-state index in [-0.39, 0.29) is 23.6 Å². The largest absolute Gasteiger partial charge is 0.339 e. The molecule has 0 radical (unpaired) electrons. The summed E-state index contributed by atoms with van der Waals surface area (Å²) in [5.41, 5.74) is 1.19. The highest BCUT2D eigenvalue weighted by Gasteiger charge is 2.15. The smallest absolute Gasteiger partial charge is 0.253 e. The van der Waals surface area contributed by atoms with E-state index in [2.05, 4.69) is 5.32 Å². The molecule has 0 aliphatic rings. The van der Waals surface area contributed by atoms with Crippen LogP contribution in [0.1, 0.15) is 31.1 Å². The van der Waals surface area contributed by atoms with E-state index >= 15 is 0 Å². The third-order valence-corrected chi connectivity index (χ3v) is 3.57. The number of amides is 2. The maximum Gasteiger partial charge on any atom is 0.253 e. The lowest BCUT2D eigenvalue weighted by molar-refractivity contribution is -0.118. The van der Waals surface area contributed by atoms with Crippen LogP contribution in [0.2, 0.25) is 0 Å². The van der Waals surface area contributed by atoms with Crippen LogP contribution in [0.15, 0.2) is 24.3 Å². The van der Waals surface area contributed by atoms with Crippen molar-refractivity contribution in [3.05, 3.63) is 29.8 Å². The zero-order valence-electron chi connectivity index (χ0n) is 12.1. The molecule has 0 bridgehead atoms. The van der Waals surface area contributed by atoms with Gasteiger partial charge in [-0.2, -0.15) is 0 Å². The monoisotopic (exact) mass is 296 g/mol. The summed E-state index contributed by atoms with van der Waals surface area (Å²) in [6.07, 6.45) is 0. The van der Waals surface area contributed by atoms with Crippen LogP contribution in [-0.2, 0) is 4.79 Å². The number of hydrogen-bond donors (Lipinski definition) is 1. The molecule has 0 aliphatic heterocycles. The van der Waals surface area contributed by atoms with E-state index in [1.807, 2.05) is 13.8 Å². The van der Waals surface area contributed by atoms with Crippen LogP contribution in [0.25, 0.3) is 0 Å². The van der Waals surface area contributed by atoms with E-state index < -0.39 is 0 Å². The topological polar surface area (TPSA) is 49.4 Å². The Hall–Kier alpha value is -1.55. The molecular formula is C15H21ClN2O2. The van der Waals surface area contributed by atoms with Gasteiger partial charge in [-0.3, -0.25) is 9.59 Å². The van der Waals surface area contributed by atoms with Crippen molar-refractivity contribution in [1.82, 2.24) is 4.90 Å². The van der Waals surface area contributed by atoms with Crippen LogP contribution in [0.4, 0.5) is 5.69 Å². The molecule has 2 amide bonds. The van der Waals surface area contributed by atoms with Crippen LogP contribution >= 0.6 is 11.6 Å². The summed E-state index contributed by atoms with van der Waals surface area (Å²) in [6.45, 7) is 6.96. The molecule has 4 nitrogen and oxygen atoms in total. The fourth-order valence-electron chi connectivity index (χ4n) is 1.76. The molecule has 0 aliphatic carbocycles. The lowest BCUT2D eigenvalue weighted by Gasteiger charge is -2.19. The Labute approximate surface area is 125 Å². The van der Waals surface area contributed by atoms with E-state index in [0.717, 1.165) is 0 Å². The minimum absolute atomic E-state index is 0.0310. The van der Waals surface area contributed by atoms with E-state index in [1.165, 1.54) is 0 Å². The number of carbonyl (C=O) groups excluding carboxylic acids is 2. The minimum atomic E-state index is -0.265. The molecule has 1 aromatic rings. The molecule has 1 unspecified atom stereocenters. The van der Waals surface area contributed by atoms with E-state index in [0.29, 0.717) is 24.3 Å². The fraction of sp³-hybridized carbons (Fsp3) is 0.467. The first-order valence-corrected chi connectivity index (χ1v) is 7.33. The van der Waals surface area contributed by atoms with Gasteiger partial charge in [0.25, 0.3) is 5.91 Å². The Morgan fingerprint density at radius 1 is 1.30 bits per heavy atom. The highest BCUT2D eigenvalue weighted by Crippen LogP contribution is 2.14. The van der Waals surface area contributed by atoms with Gasteiger partial charge >= 0.3 is 0 Å². The van der Waals surface area contributed by atoms with Gasteiger partial charge in [-0.15, -0.1) is 11.6 Å². The SMILES string of the molecule is CCN(CC)C(=O)c1cccc(NC(=O)C(C)CCl)c1. The highest BCUT2D eigenvalue weighted by atomic mass is 35.5. The quantitative estimate of drug-likeness (QED) is 0.821. The molecule has 1 aromatic carbocycles. The number of hydrogen-bond acceptors (Lipinski definition) is 2. The van der Waals surface area contributed by atoms with Gasteiger partial charge in [0, 0.05) is 36.1 Å². The molecule has 0 aromatic heterocycles. The number of nitrogens with one attached hydrogen (secondary N) is 1. The van der Waals surface area contributed by atoms with Crippen LogP contribution in [0, 0.1) is 5.92 Å². The molecule has 0 heterocycles. The lowest BCUT2D eigenvalue weighted by Crippen LogP contribution is -2.30. The van der Waals surface area contributed by atoms with Gasteiger partial charge in [-0.1, -0.05) is 13.0 Å². The summed E-state index contributed by atoms with van der Waals surface area (Å²) in [5.74, 6) is -0.174. The average Bonchev–Trinajstić information content (AvgIpc) is 2.47. The molecule has 110 valence electrons. The Morgan fingerprint density at radius 2 is 1.95 bits per heavy atom. The van der Waals surface area contributed by atoms with Crippen LogP contribution < -0.4 is 5.32 Å². The normalized spacial score (nSPS) is 11.8. The molecule has 1 N–H and O–H groups in total. The predicted molar refractivity (Wildman–Crippen MR) is 82.2 cm³/mol. The van der Waals surface area contributed by atoms with Gasteiger partial charge in [0.05, 0.1) is 0 Å². The van der Waals surface area contributed by atoms with Crippen LogP contribution in [0.5, 0.6) is 0 Å². The van der Waals surface area contributed by atoms with Gasteiger partial charge in [-0.25, -0.2) is 0 Å². The third kappa shape index (κ3) is 4.23. The molecule has 0 spiro atoms. The summed E-state index contributed by atoms with van der Waals surface area (Å²) in [5, 5.41) is 2.77. The molecule has 0 saturated heterocycles. The van der Waals surface area contributed by atoms with Crippen LogP contribution in [0.3, 0.4) is 0 Å². The van der Waals surface area contributed by atoms with Crippen molar-refractivity contribution in [1.29, 1.82) is 0 Å². The van der Waals surface area contributed by atoms with E-state index in [1.54, 1.807) is 36.1 Å². The summed E-state index contributed by atoms with van der Waals surface area (Å²) in [6, 6.07) is 6.97. The van der Waals surface area contributed by atoms with Crippen molar-refractivity contribution in [3.63, 3.8) is 0 Å². The second kappa shape index (κ2) is 7.90. The molecule has 1 atom stereocenters.